The fourth-order valence-electron chi connectivity index (χ4n) is 14.8. The zero-order chi connectivity index (χ0) is 54.8. The lowest BCUT2D eigenvalue weighted by Gasteiger charge is -2.25. The van der Waals surface area contributed by atoms with E-state index in [1.165, 1.54) is 165 Å². The van der Waals surface area contributed by atoms with E-state index in [-0.39, 0.29) is 10.8 Å². The summed E-state index contributed by atoms with van der Waals surface area (Å²) < 4.78 is 0. The fourth-order valence-corrected chi connectivity index (χ4v) is 14.8. The third-order valence-electron chi connectivity index (χ3n) is 18.7. The molecule has 2 aliphatic rings. The lowest BCUT2D eigenvalue weighted by Crippen LogP contribution is -2.15. The maximum absolute atomic E-state index is 2.52. The first-order valence-electron chi connectivity index (χ1n) is 29.0. The fraction of sp³-hybridized carbons (Fsp3) is 0.0732. The molecule has 14 aromatic carbocycles. The van der Waals surface area contributed by atoms with E-state index in [0.717, 1.165) is 0 Å². The molecule has 0 unspecified atom stereocenters. The first-order valence-corrected chi connectivity index (χ1v) is 29.0. The molecule has 0 aliphatic heterocycles. The van der Waals surface area contributed by atoms with E-state index in [4.69, 9.17) is 0 Å². The minimum atomic E-state index is -0.245. The Morgan fingerprint density at radius 1 is 0.183 bits per heavy atom. The molecule has 0 heteroatoms. The molecule has 0 aromatic heterocycles. The van der Waals surface area contributed by atoms with Gasteiger partial charge in [-0.25, -0.2) is 0 Å². The third-order valence-corrected chi connectivity index (χ3v) is 18.7. The van der Waals surface area contributed by atoms with Crippen LogP contribution < -0.4 is 0 Å². The van der Waals surface area contributed by atoms with Crippen LogP contribution in [-0.4, -0.2) is 0 Å². The molecule has 0 atom stereocenters. The lowest BCUT2D eigenvalue weighted by molar-refractivity contribution is 0.660. The molecule has 0 spiro atoms. The van der Waals surface area contributed by atoms with Crippen LogP contribution in [0.5, 0.6) is 0 Å². The largest absolute Gasteiger partial charge is 0.0622 e. The van der Waals surface area contributed by atoms with Gasteiger partial charge < -0.3 is 0 Å². The molecule has 0 saturated heterocycles. The highest BCUT2D eigenvalue weighted by Gasteiger charge is 2.39. The van der Waals surface area contributed by atoms with E-state index >= 15 is 0 Å². The maximum atomic E-state index is 2.52. The molecule has 0 radical (unpaired) electrons. The van der Waals surface area contributed by atoms with Crippen molar-refractivity contribution in [1.82, 2.24) is 0 Å². The van der Waals surface area contributed by atoms with Crippen LogP contribution in [0.15, 0.2) is 279 Å². The number of fused-ring (bicyclic) bond motifs is 10. The predicted octanol–water partition coefficient (Wildman–Crippen LogP) is 22.6. The number of hydrogen-bond donors (Lipinski definition) is 0. The predicted molar refractivity (Wildman–Crippen MR) is 350 cm³/mol. The van der Waals surface area contributed by atoms with E-state index < -0.39 is 0 Å². The zero-order valence-electron chi connectivity index (χ0n) is 46.6. The summed E-state index contributed by atoms with van der Waals surface area (Å²) in [6.07, 6.45) is 0. The van der Waals surface area contributed by atoms with Crippen molar-refractivity contribution >= 4 is 43.1 Å². The summed E-state index contributed by atoms with van der Waals surface area (Å²) in [5.74, 6) is 0. The second-order valence-electron chi connectivity index (χ2n) is 23.8. The van der Waals surface area contributed by atoms with E-state index in [1.807, 2.05) is 0 Å². The van der Waals surface area contributed by atoms with E-state index in [2.05, 4.69) is 307 Å². The van der Waals surface area contributed by atoms with Crippen LogP contribution in [0, 0.1) is 0 Å². The van der Waals surface area contributed by atoms with Crippen molar-refractivity contribution < 1.29 is 0 Å². The molecule has 0 fully saturated rings. The summed E-state index contributed by atoms with van der Waals surface area (Å²) in [5, 5.41) is 10.2. The Balaban J connectivity index is 0.801. The molecule has 0 N–H and O–H groups in total. The third kappa shape index (κ3) is 7.17. The van der Waals surface area contributed by atoms with Crippen LogP contribution in [0.3, 0.4) is 0 Å². The zero-order valence-corrected chi connectivity index (χ0v) is 46.6. The second kappa shape index (κ2) is 18.3. The van der Waals surface area contributed by atoms with Gasteiger partial charge in [-0.05, 0) is 190 Å². The number of rotatable bonds is 7. The van der Waals surface area contributed by atoms with Gasteiger partial charge in [0.25, 0.3) is 0 Å². The van der Waals surface area contributed by atoms with E-state index in [9.17, 15) is 0 Å². The van der Waals surface area contributed by atoms with Crippen LogP contribution in [0.25, 0.3) is 143 Å². The Morgan fingerprint density at radius 3 is 0.793 bits per heavy atom. The molecular weight excluding hydrogens is 985 g/mol. The topological polar surface area (TPSA) is 0 Å². The first-order chi connectivity index (χ1) is 40.2. The van der Waals surface area contributed by atoms with Crippen molar-refractivity contribution in [3.8, 4) is 100 Å². The van der Waals surface area contributed by atoms with Gasteiger partial charge in [0.1, 0.15) is 0 Å². The highest BCUT2D eigenvalue weighted by Crippen LogP contribution is 2.56. The molecule has 2 aliphatic carbocycles. The molecule has 0 bridgehead atoms. The van der Waals surface area contributed by atoms with Crippen molar-refractivity contribution in [3.05, 3.63) is 301 Å². The average molecular weight is 1040 g/mol. The standard InChI is InChI=1S/C82H58/c1-81(2)71-47-55(39-43-61(71)63-45-41-57(49-73(63)81)77-67-33-19-17-31-65(67)75(53-27-13-7-14-28-53)69-37-21-35-59(79(69)77)51-23-9-5-10-24-51)56-40-44-62-64-46-42-58(50-74(64)82(3,4)72(62)48-56)78-68-34-20-18-32-66(68)76(54-29-15-8-16-30-54)70-38-22-36-60(80(70)78)52-25-11-6-12-26-52/h5-50H,1-4H3. The molecule has 0 amide bonds. The van der Waals surface area contributed by atoms with Gasteiger partial charge in [0.05, 0.1) is 0 Å². The normalized spacial score (nSPS) is 13.6. The van der Waals surface area contributed by atoms with Gasteiger partial charge in [-0.3, -0.25) is 0 Å². The highest BCUT2D eigenvalue weighted by atomic mass is 14.4. The van der Waals surface area contributed by atoms with Gasteiger partial charge in [-0.2, -0.15) is 0 Å². The smallest absolute Gasteiger partial charge is 0.0159 e. The van der Waals surface area contributed by atoms with Crippen molar-refractivity contribution in [1.29, 1.82) is 0 Å². The van der Waals surface area contributed by atoms with Crippen molar-refractivity contribution in [2.45, 2.75) is 38.5 Å². The molecule has 16 rings (SSSR count). The molecule has 82 heavy (non-hydrogen) atoms. The number of hydrogen-bond acceptors (Lipinski definition) is 0. The van der Waals surface area contributed by atoms with Crippen LogP contribution in [0.2, 0.25) is 0 Å². The van der Waals surface area contributed by atoms with Gasteiger partial charge in [0, 0.05) is 10.8 Å². The molecule has 0 heterocycles. The Labute approximate surface area is 480 Å². The van der Waals surface area contributed by atoms with E-state index in [1.54, 1.807) is 0 Å². The van der Waals surface area contributed by atoms with Crippen molar-refractivity contribution in [2.75, 3.05) is 0 Å². The Kier molecular flexibility index (Phi) is 10.7. The van der Waals surface area contributed by atoms with E-state index in [0.29, 0.717) is 0 Å². The summed E-state index contributed by atoms with van der Waals surface area (Å²) in [5.41, 5.74) is 27.8. The van der Waals surface area contributed by atoms with Gasteiger partial charge >= 0.3 is 0 Å². The summed E-state index contributed by atoms with van der Waals surface area (Å²) in [6, 6.07) is 105. The van der Waals surface area contributed by atoms with Crippen LogP contribution in [0.1, 0.15) is 49.9 Å². The summed E-state index contributed by atoms with van der Waals surface area (Å²) in [4.78, 5) is 0. The summed E-state index contributed by atoms with van der Waals surface area (Å²) in [7, 11) is 0. The SMILES string of the molecule is CC1(C)c2cc(-c3ccc4c(c3)C(C)(C)c3cc(-c5c6ccccc6c(-c6ccccc6)c6cccc(-c7ccccc7)c56)ccc3-4)ccc2-c2ccc(-c3c4ccccc4c(-c4ccccc4)c4cccc(-c5ccccc5)c34)cc21. The van der Waals surface area contributed by atoms with Gasteiger partial charge in [0.15, 0.2) is 0 Å². The van der Waals surface area contributed by atoms with Crippen LogP contribution in [-0.2, 0) is 10.8 Å². The molecular formula is C82H58. The molecule has 14 aromatic rings. The monoisotopic (exact) mass is 1040 g/mol. The lowest BCUT2D eigenvalue weighted by atomic mass is 9.78. The molecule has 386 valence electrons. The van der Waals surface area contributed by atoms with Crippen LogP contribution in [0.4, 0.5) is 0 Å². The minimum Gasteiger partial charge on any atom is -0.0622 e. The van der Waals surface area contributed by atoms with Gasteiger partial charge in [-0.15, -0.1) is 0 Å². The van der Waals surface area contributed by atoms with Gasteiger partial charge in [0.2, 0.25) is 0 Å². The quantitative estimate of drug-likeness (QED) is 0.140. The molecule has 0 saturated carbocycles. The minimum absolute atomic E-state index is 0.245. The molecule has 0 nitrogen and oxygen atoms in total. The number of benzene rings is 14. The summed E-state index contributed by atoms with van der Waals surface area (Å²) in [6.45, 7) is 9.72. The second-order valence-corrected chi connectivity index (χ2v) is 23.8. The average Bonchev–Trinajstić information content (AvgIpc) is 3.81. The Bertz CT molecular complexity index is 4610. The maximum Gasteiger partial charge on any atom is 0.0159 e. The first kappa shape index (κ1) is 48.1. The van der Waals surface area contributed by atoms with Crippen molar-refractivity contribution in [3.63, 3.8) is 0 Å². The highest BCUT2D eigenvalue weighted by molar-refractivity contribution is 6.26. The van der Waals surface area contributed by atoms with Gasteiger partial charge in [-0.1, -0.05) is 282 Å². The van der Waals surface area contributed by atoms with Crippen LogP contribution >= 0.6 is 0 Å². The summed E-state index contributed by atoms with van der Waals surface area (Å²) >= 11 is 0. The van der Waals surface area contributed by atoms with Crippen molar-refractivity contribution in [2.24, 2.45) is 0 Å². The Morgan fingerprint density at radius 2 is 0.451 bits per heavy atom. The Hall–Kier alpha value is -9.88.